The first-order chi connectivity index (χ1) is 7.22. The summed E-state index contributed by atoms with van der Waals surface area (Å²) in [5.41, 5.74) is 1.16. The molecule has 0 saturated carbocycles. The van der Waals surface area contributed by atoms with Crippen LogP contribution in [0.1, 0.15) is 18.0 Å². The van der Waals surface area contributed by atoms with Crippen LogP contribution in [0.2, 0.25) is 0 Å². The van der Waals surface area contributed by atoms with E-state index in [0.29, 0.717) is 6.42 Å². The SMILES string of the molecule is C#CCC(NC)c1ccc(OC)c(Br)c1. The lowest BCUT2D eigenvalue weighted by molar-refractivity contribution is 0.411. The Morgan fingerprint density at radius 1 is 1.60 bits per heavy atom. The van der Waals surface area contributed by atoms with Gasteiger partial charge in [-0.05, 0) is 40.7 Å². The Bertz CT molecular complexity index is 370. The quantitative estimate of drug-likeness (QED) is 0.848. The maximum atomic E-state index is 5.31. The molecule has 1 aromatic rings. The second-order valence-corrected chi connectivity index (χ2v) is 4.00. The molecule has 1 rings (SSSR count). The van der Waals surface area contributed by atoms with Crippen LogP contribution in [-0.4, -0.2) is 14.2 Å². The molecule has 2 nitrogen and oxygen atoms in total. The van der Waals surface area contributed by atoms with Crippen LogP contribution in [0.4, 0.5) is 0 Å². The smallest absolute Gasteiger partial charge is 0.133 e. The molecular weight excluding hydrogens is 254 g/mol. The van der Waals surface area contributed by atoms with Crippen molar-refractivity contribution in [2.75, 3.05) is 14.2 Å². The summed E-state index contributed by atoms with van der Waals surface area (Å²) < 4.78 is 6.11. The zero-order valence-electron chi connectivity index (χ0n) is 8.88. The topological polar surface area (TPSA) is 21.3 Å². The Hall–Kier alpha value is -0.980. The van der Waals surface area contributed by atoms with E-state index in [2.05, 4.69) is 27.2 Å². The molecule has 15 heavy (non-hydrogen) atoms. The van der Waals surface area contributed by atoms with E-state index in [1.54, 1.807) is 7.11 Å². The Kier molecular flexibility index (Phi) is 4.67. The molecule has 3 heteroatoms. The first kappa shape index (κ1) is 12.1. The van der Waals surface area contributed by atoms with Crippen LogP contribution in [0.25, 0.3) is 0 Å². The summed E-state index contributed by atoms with van der Waals surface area (Å²) in [7, 11) is 3.55. The van der Waals surface area contributed by atoms with Gasteiger partial charge in [0, 0.05) is 12.5 Å². The summed E-state index contributed by atoms with van der Waals surface area (Å²) in [5, 5.41) is 3.18. The Morgan fingerprint density at radius 3 is 2.80 bits per heavy atom. The Balaban J connectivity index is 2.95. The zero-order chi connectivity index (χ0) is 11.3. The van der Waals surface area contributed by atoms with Crippen LogP contribution in [0, 0.1) is 12.3 Å². The van der Waals surface area contributed by atoms with Crippen LogP contribution in [0.3, 0.4) is 0 Å². The molecule has 0 fully saturated rings. The van der Waals surface area contributed by atoms with Gasteiger partial charge in [-0.25, -0.2) is 0 Å². The lowest BCUT2D eigenvalue weighted by atomic mass is 10.0. The minimum absolute atomic E-state index is 0.192. The average molecular weight is 268 g/mol. The van der Waals surface area contributed by atoms with Crippen LogP contribution < -0.4 is 10.1 Å². The van der Waals surface area contributed by atoms with Gasteiger partial charge in [0.15, 0.2) is 0 Å². The normalized spacial score (nSPS) is 11.9. The molecule has 0 aliphatic carbocycles. The van der Waals surface area contributed by atoms with Crippen molar-refractivity contribution in [3.8, 4) is 18.1 Å². The molecule has 0 aliphatic rings. The molecule has 0 aliphatic heterocycles. The number of nitrogens with one attached hydrogen (secondary N) is 1. The molecule has 0 saturated heterocycles. The zero-order valence-corrected chi connectivity index (χ0v) is 10.5. The number of methoxy groups -OCH3 is 1. The number of terminal acetylenes is 1. The number of benzene rings is 1. The highest BCUT2D eigenvalue weighted by atomic mass is 79.9. The van der Waals surface area contributed by atoms with E-state index in [9.17, 15) is 0 Å². The first-order valence-corrected chi connectivity index (χ1v) is 5.46. The van der Waals surface area contributed by atoms with Gasteiger partial charge < -0.3 is 10.1 Å². The van der Waals surface area contributed by atoms with Gasteiger partial charge in [0.2, 0.25) is 0 Å². The van der Waals surface area contributed by atoms with Crippen molar-refractivity contribution in [1.82, 2.24) is 5.32 Å². The predicted octanol–water partition coefficient (Wildman–Crippen LogP) is 2.74. The van der Waals surface area contributed by atoms with Crippen molar-refractivity contribution >= 4 is 15.9 Å². The van der Waals surface area contributed by atoms with E-state index in [-0.39, 0.29) is 6.04 Å². The lowest BCUT2D eigenvalue weighted by Crippen LogP contribution is -2.15. The summed E-state index contributed by atoms with van der Waals surface area (Å²) >= 11 is 3.45. The number of rotatable bonds is 4. The predicted molar refractivity (Wildman–Crippen MR) is 65.9 cm³/mol. The van der Waals surface area contributed by atoms with Gasteiger partial charge in [-0.2, -0.15) is 0 Å². The molecule has 0 aromatic heterocycles. The van der Waals surface area contributed by atoms with Crippen molar-refractivity contribution in [1.29, 1.82) is 0 Å². The summed E-state index contributed by atoms with van der Waals surface area (Å²) in [6.07, 6.45) is 5.99. The highest BCUT2D eigenvalue weighted by Crippen LogP contribution is 2.28. The largest absolute Gasteiger partial charge is 0.496 e. The van der Waals surface area contributed by atoms with Crippen molar-refractivity contribution in [3.63, 3.8) is 0 Å². The summed E-state index contributed by atoms with van der Waals surface area (Å²) in [4.78, 5) is 0. The molecule has 1 N–H and O–H groups in total. The molecule has 0 bridgehead atoms. The minimum atomic E-state index is 0.192. The van der Waals surface area contributed by atoms with E-state index in [1.807, 2.05) is 25.2 Å². The summed E-state index contributed by atoms with van der Waals surface area (Å²) in [6, 6.07) is 6.16. The fourth-order valence-corrected chi connectivity index (χ4v) is 1.96. The van der Waals surface area contributed by atoms with Gasteiger partial charge >= 0.3 is 0 Å². The number of hydrogen-bond acceptors (Lipinski definition) is 2. The minimum Gasteiger partial charge on any atom is -0.496 e. The highest BCUT2D eigenvalue weighted by Gasteiger charge is 2.09. The first-order valence-electron chi connectivity index (χ1n) is 4.67. The third-order valence-corrected chi connectivity index (χ3v) is 2.87. The van der Waals surface area contributed by atoms with Crippen molar-refractivity contribution < 1.29 is 4.74 Å². The third-order valence-electron chi connectivity index (χ3n) is 2.25. The standard InChI is InChI=1S/C12H14BrNO/c1-4-5-11(14-2)9-6-7-12(15-3)10(13)8-9/h1,6-8,11,14H,5H2,2-3H3. The van der Waals surface area contributed by atoms with E-state index in [0.717, 1.165) is 15.8 Å². The van der Waals surface area contributed by atoms with Gasteiger partial charge in [-0.1, -0.05) is 6.07 Å². The Labute approximate surface area is 99.2 Å². The van der Waals surface area contributed by atoms with Crippen LogP contribution in [0.5, 0.6) is 5.75 Å². The van der Waals surface area contributed by atoms with Gasteiger partial charge in [0.05, 0.1) is 11.6 Å². The number of ether oxygens (including phenoxy) is 1. The maximum Gasteiger partial charge on any atom is 0.133 e. The van der Waals surface area contributed by atoms with E-state index < -0.39 is 0 Å². The summed E-state index contributed by atoms with van der Waals surface area (Å²) in [5.74, 6) is 3.48. The summed E-state index contributed by atoms with van der Waals surface area (Å²) in [6.45, 7) is 0. The highest BCUT2D eigenvalue weighted by molar-refractivity contribution is 9.10. The molecule has 1 aromatic carbocycles. The van der Waals surface area contributed by atoms with Crippen molar-refractivity contribution in [2.45, 2.75) is 12.5 Å². The number of halogens is 1. The van der Waals surface area contributed by atoms with Crippen LogP contribution in [-0.2, 0) is 0 Å². The second-order valence-electron chi connectivity index (χ2n) is 3.14. The van der Waals surface area contributed by atoms with E-state index in [4.69, 9.17) is 11.2 Å². The fraction of sp³-hybridized carbons (Fsp3) is 0.333. The molecule has 1 atom stereocenters. The van der Waals surface area contributed by atoms with E-state index >= 15 is 0 Å². The van der Waals surface area contributed by atoms with Crippen molar-refractivity contribution in [3.05, 3.63) is 28.2 Å². The van der Waals surface area contributed by atoms with Gasteiger partial charge in [-0.3, -0.25) is 0 Å². The average Bonchev–Trinajstić information content (AvgIpc) is 2.25. The van der Waals surface area contributed by atoms with Gasteiger partial charge in [0.25, 0.3) is 0 Å². The van der Waals surface area contributed by atoms with Gasteiger partial charge in [0.1, 0.15) is 5.75 Å². The van der Waals surface area contributed by atoms with Crippen LogP contribution >= 0.6 is 15.9 Å². The van der Waals surface area contributed by atoms with Crippen LogP contribution in [0.15, 0.2) is 22.7 Å². The molecule has 0 heterocycles. The monoisotopic (exact) mass is 267 g/mol. The molecule has 0 amide bonds. The van der Waals surface area contributed by atoms with Gasteiger partial charge in [-0.15, -0.1) is 12.3 Å². The lowest BCUT2D eigenvalue weighted by Gasteiger charge is -2.15. The molecule has 0 radical (unpaired) electrons. The maximum absolute atomic E-state index is 5.31. The fourth-order valence-electron chi connectivity index (χ4n) is 1.40. The van der Waals surface area contributed by atoms with Crippen molar-refractivity contribution in [2.24, 2.45) is 0 Å². The molecule has 0 spiro atoms. The molecule has 1 unspecified atom stereocenters. The molecular formula is C12H14BrNO. The van der Waals surface area contributed by atoms with E-state index in [1.165, 1.54) is 0 Å². The second kappa shape index (κ2) is 5.79. The third kappa shape index (κ3) is 2.98. The molecule has 80 valence electrons. The number of hydrogen-bond donors (Lipinski definition) is 1. The Morgan fingerprint density at radius 2 is 2.33 bits per heavy atom.